The summed E-state index contributed by atoms with van der Waals surface area (Å²) in [5, 5.41) is 12.1. The SMILES string of the molecule is CCN1CCCC(C(C)Nc2cccc3cn[nH]c23)C1. The summed E-state index contributed by atoms with van der Waals surface area (Å²) in [4.78, 5) is 2.56. The monoisotopic (exact) mass is 272 g/mol. The lowest BCUT2D eigenvalue weighted by molar-refractivity contribution is 0.172. The van der Waals surface area contributed by atoms with Crippen molar-refractivity contribution in [2.45, 2.75) is 32.7 Å². The number of benzene rings is 1. The third-order valence-electron chi connectivity index (χ3n) is 4.56. The number of aromatic nitrogens is 2. The lowest BCUT2D eigenvalue weighted by atomic mass is 9.91. The molecule has 1 aliphatic heterocycles. The van der Waals surface area contributed by atoms with Crippen LogP contribution in [-0.4, -0.2) is 40.8 Å². The lowest BCUT2D eigenvalue weighted by Crippen LogP contribution is -2.41. The van der Waals surface area contributed by atoms with Crippen LogP contribution < -0.4 is 5.32 Å². The highest BCUT2D eigenvalue weighted by Gasteiger charge is 2.24. The van der Waals surface area contributed by atoms with Crippen LogP contribution in [0.25, 0.3) is 10.9 Å². The van der Waals surface area contributed by atoms with Gasteiger partial charge in [-0.2, -0.15) is 5.10 Å². The molecule has 0 saturated carbocycles. The Kier molecular flexibility index (Phi) is 3.92. The number of nitrogens with one attached hydrogen (secondary N) is 2. The molecular formula is C16H24N4. The molecular weight excluding hydrogens is 248 g/mol. The molecule has 2 atom stereocenters. The van der Waals surface area contributed by atoms with Gasteiger partial charge in [0.2, 0.25) is 0 Å². The van der Waals surface area contributed by atoms with Crippen LogP contribution in [0.4, 0.5) is 5.69 Å². The molecule has 1 aliphatic rings. The van der Waals surface area contributed by atoms with E-state index >= 15 is 0 Å². The van der Waals surface area contributed by atoms with Crippen molar-refractivity contribution >= 4 is 16.6 Å². The minimum Gasteiger partial charge on any atom is -0.381 e. The van der Waals surface area contributed by atoms with Crippen molar-refractivity contribution < 1.29 is 0 Å². The Morgan fingerprint density at radius 3 is 3.25 bits per heavy atom. The molecule has 0 radical (unpaired) electrons. The van der Waals surface area contributed by atoms with Gasteiger partial charge >= 0.3 is 0 Å². The van der Waals surface area contributed by atoms with E-state index in [1.54, 1.807) is 0 Å². The number of H-pyrrole nitrogens is 1. The molecule has 4 nitrogen and oxygen atoms in total. The Morgan fingerprint density at radius 1 is 1.50 bits per heavy atom. The van der Waals surface area contributed by atoms with Gasteiger partial charge in [0, 0.05) is 18.0 Å². The Labute approximate surface area is 120 Å². The fourth-order valence-corrected chi connectivity index (χ4v) is 3.24. The first-order chi connectivity index (χ1) is 9.78. The largest absolute Gasteiger partial charge is 0.381 e. The van der Waals surface area contributed by atoms with E-state index in [0.29, 0.717) is 6.04 Å². The first kappa shape index (κ1) is 13.4. The number of nitrogens with zero attached hydrogens (tertiary/aromatic N) is 2. The molecule has 4 heteroatoms. The lowest BCUT2D eigenvalue weighted by Gasteiger charge is -2.35. The molecule has 108 valence electrons. The van der Waals surface area contributed by atoms with Crippen molar-refractivity contribution in [2.75, 3.05) is 25.0 Å². The molecule has 2 N–H and O–H groups in total. The average molecular weight is 272 g/mol. The van der Waals surface area contributed by atoms with E-state index < -0.39 is 0 Å². The van der Waals surface area contributed by atoms with Crippen molar-refractivity contribution in [3.63, 3.8) is 0 Å². The van der Waals surface area contributed by atoms with Crippen LogP contribution >= 0.6 is 0 Å². The highest BCUT2D eigenvalue weighted by atomic mass is 15.1. The van der Waals surface area contributed by atoms with Gasteiger partial charge in [-0.1, -0.05) is 19.1 Å². The summed E-state index contributed by atoms with van der Waals surface area (Å²) >= 11 is 0. The fourth-order valence-electron chi connectivity index (χ4n) is 3.24. The molecule has 0 aliphatic carbocycles. The molecule has 0 spiro atoms. The number of anilines is 1. The second kappa shape index (κ2) is 5.83. The first-order valence-corrected chi connectivity index (χ1v) is 7.69. The van der Waals surface area contributed by atoms with Crippen molar-refractivity contribution in [3.8, 4) is 0 Å². The minimum absolute atomic E-state index is 0.484. The molecule has 2 heterocycles. The van der Waals surface area contributed by atoms with Crippen LogP contribution in [0.15, 0.2) is 24.4 Å². The molecule has 3 rings (SSSR count). The Morgan fingerprint density at radius 2 is 2.40 bits per heavy atom. The van der Waals surface area contributed by atoms with E-state index in [1.165, 1.54) is 43.5 Å². The second-order valence-electron chi connectivity index (χ2n) is 5.87. The summed E-state index contributed by atoms with van der Waals surface area (Å²) in [6.45, 7) is 8.20. The van der Waals surface area contributed by atoms with Gasteiger partial charge in [-0.3, -0.25) is 5.10 Å². The normalized spacial score (nSPS) is 22.0. The molecule has 2 unspecified atom stereocenters. The van der Waals surface area contributed by atoms with Crippen LogP contribution in [0.2, 0.25) is 0 Å². The summed E-state index contributed by atoms with van der Waals surface area (Å²) < 4.78 is 0. The number of piperidine rings is 1. The number of fused-ring (bicyclic) bond motifs is 1. The number of hydrogen-bond acceptors (Lipinski definition) is 3. The second-order valence-corrected chi connectivity index (χ2v) is 5.87. The first-order valence-electron chi connectivity index (χ1n) is 7.69. The quantitative estimate of drug-likeness (QED) is 0.899. The molecule has 1 saturated heterocycles. The van der Waals surface area contributed by atoms with E-state index in [4.69, 9.17) is 0 Å². The van der Waals surface area contributed by atoms with Gasteiger partial charge in [0.1, 0.15) is 0 Å². The predicted octanol–water partition coefficient (Wildman–Crippen LogP) is 3.10. The van der Waals surface area contributed by atoms with E-state index in [0.717, 1.165) is 11.4 Å². The van der Waals surface area contributed by atoms with Crippen LogP contribution in [0.5, 0.6) is 0 Å². The van der Waals surface area contributed by atoms with Crippen LogP contribution in [0.3, 0.4) is 0 Å². The number of aromatic amines is 1. The van der Waals surface area contributed by atoms with E-state index in [1.807, 2.05) is 6.20 Å². The van der Waals surface area contributed by atoms with Crippen molar-refractivity contribution in [1.29, 1.82) is 0 Å². The molecule has 0 bridgehead atoms. The number of hydrogen-bond donors (Lipinski definition) is 2. The average Bonchev–Trinajstić information content (AvgIpc) is 2.97. The topological polar surface area (TPSA) is 44.0 Å². The predicted molar refractivity (Wildman–Crippen MR) is 84.0 cm³/mol. The molecule has 1 aromatic heterocycles. The van der Waals surface area contributed by atoms with Gasteiger partial charge in [-0.25, -0.2) is 0 Å². The maximum atomic E-state index is 4.13. The van der Waals surface area contributed by atoms with Gasteiger partial charge < -0.3 is 10.2 Å². The highest BCUT2D eigenvalue weighted by Crippen LogP contribution is 2.25. The molecule has 1 fully saturated rings. The number of likely N-dealkylation sites (tertiary alicyclic amines) is 1. The molecule has 1 aromatic carbocycles. The third-order valence-corrected chi connectivity index (χ3v) is 4.56. The van der Waals surface area contributed by atoms with E-state index in [2.05, 4.69) is 52.5 Å². The maximum absolute atomic E-state index is 4.13. The fraction of sp³-hybridized carbons (Fsp3) is 0.562. The number of para-hydroxylation sites is 1. The highest BCUT2D eigenvalue weighted by molar-refractivity contribution is 5.89. The zero-order valence-corrected chi connectivity index (χ0v) is 12.4. The van der Waals surface area contributed by atoms with Gasteiger partial charge in [0.25, 0.3) is 0 Å². The zero-order chi connectivity index (χ0) is 13.9. The number of rotatable bonds is 4. The van der Waals surface area contributed by atoms with Gasteiger partial charge in [0.05, 0.1) is 17.4 Å². The van der Waals surface area contributed by atoms with E-state index in [9.17, 15) is 0 Å². The Hall–Kier alpha value is -1.55. The minimum atomic E-state index is 0.484. The van der Waals surface area contributed by atoms with Crippen molar-refractivity contribution in [1.82, 2.24) is 15.1 Å². The third kappa shape index (κ3) is 2.66. The smallest absolute Gasteiger partial charge is 0.0881 e. The van der Waals surface area contributed by atoms with E-state index in [-0.39, 0.29) is 0 Å². The summed E-state index contributed by atoms with van der Waals surface area (Å²) in [5.41, 5.74) is 2.28. The maximum Gasteiger partial charge on any atom is 0.0881 e. The summed E-state index contributed by atoms with van der Waals surface area (Å²) in [7, 11) is 0. The standard InChI is InChI=1S/C16H24N4/c1-3-20-9-5-7-14(11-20)12(2)18-15-8-4-6-13-10-17-19-16(13)15/h4,6,8,10,12,14,18H,3,5,7,9,11H2,1-2H3,(H,17,19). The Balaban J connectivity index is 1.72. The van der Waals surface area contributed by atoms with Crippen LogP contribution in [-0.2, 0) is 0 Å². The zero-order valence-electron chi connectivity index (χ0n) is 12.4. The van der Waals surface area contributed by atoms with Crippen molar-refractivity contribution in [2.24, 2.45) is 5.92 Å². The molecule has 0 amide bonds. The van der Waals surface area contributed by atoms with Gasteiger partial charge in [-0.05, 0) is 44.8 Å². The van der Waals surface area contributed by atoms with Crippen LogP contribution in [0.1, 0.15) is 26.7 Å². The summed E-state index contributed by atoms with van der Waals surface area (Å²) in [6, 6.07) is 6.80. The summed E-state index contributed by atoms with van der Waals surface area (Å²) in [5.74, 6) is 0.724. The van der Waals surface area contributed by atoms with Gasteiger partial charge in [0.15, 0.2) is 0 Å². The Bertz CT molecular complexity index is 562. The van der Waals surface area contributed by atoms with Gasteiger partial charge in [-0.15, -0.1) is 0 Å². The van der Waals surface area contributed by atoms with Crippen LogP contribution in [0, 0.1) is 5.92 Å². The summed E-state index contributed by atoms with van der Waals surface area (Å²) in [6.07, 6.45) is 4.52. The molecule has 2 aromatic rings. The van der Waals surface area contributed by atoms with Crippen molar-refractivity contribution in [3.05, 3.63) is 24.4 Å². The molecule has 20 heavy (non-hydrogen) atoms.